The molecule has 40 heavy (non-hydrogen) atoms. The summed E-state index contributed by atoms with van der Waals surface area (Å²) in [6, 6.07) is 29.8. The largest absolute Gasteiger partial charge is 0.497 e. The quantitative estimate of drug-likeness (QED) is 0.193. The van der Waals surface area contributed by atoms with Gasteiger partial charge in [0.05, 0.1) is 14.2 Å². The second-order valence-electron chi connectivity index (χ2n) is 8.63. The lowest BCUT2D eigenvalue weighted by Crippen LogP contribution is -2.30. The van der Waals surface area contributed by atoms with E-state index in [4.69, 9.17) is 9.47 Å². The summed E-state index contributed by atoms with van der Waals surface area (Å²) in [5.41, 5.74) is 2.81. The zero-order valence-corrected chi connectivity index (χ0v) is 22.1. The normalized spacial score (nSPS) is 11.1. The highest BCUT2D eigenvalue weighted by Gasteiger charge is 2.17. The molecule has 0 saturated heterocycles. The molecule has 0 aliphatic carbocycles. The zero-order chi connectivity index (χ0) is 28.3. The third-order valence-electron chi connectivity index (χ3n) is 5.92. The first-order valence-electron chi connectivity index (χ1n) is 12.5. The van der Waals surface area contributed by atoms with Crippen molar-refractivity contribution >= 4 is 35.4 Å². The van der Waals surface area contributed by atoms with Crippen LogP contribution in [0.25, 0.3) is 12.2 Å². The van der Waals surface area contributed by atoms with E-state index in [0.717, 1.165) is 5.56 Å². The Morgan fingerprint density at radius 3 is 2.05 bits per heavy atom. The van der Waals surface area contributed by atoms with Crippen LogP contribution in [0.2, 0.25) is 0 Å². The number of benzene rings is 4. The van der Waals surface area contributed by atoms with Crippen molar-refractivity contribution < 1.29 is 23.9 Å². The van der Waals surface area contributed by atoms with Crippen LogP contribution >= 0.6 is 0 Å². The van der Waals surface area contributed by atoms with Crippen molar-refractivity contribution in [1.82, 2.24) is 5.32 Å². The maximum absolute atomic E-state index is 13.3. The van der Waals surface area contributed by atoms with Crippen molar-refractivity contribution in [3.8, 4) is 11.5 Å². The topological polar surface area (TPSA) is 93.7 Å². The molecule has 7 heteroatoms. The summed E-state index contributed by atoms with van der Waals surface area (Å²) < 4.78 is 10.7. The SMILES string of the molecule is COc1ccc(/C=C(\NC(=O)c2ccccc2)C(=O)Nc2ccc(C(=O)/C=C/c3ccccc3)cc2)c(OC)c1. The van der Waals surface area contributed by atoms with Crippen LogP contribution in [-0.2, 0) is 4.79 Å². The van der Waals surface area contributed by atoms with Gasteiger partial charge in [0, 0.05) is 28.4 Å². The van der Waals surface area contributed by atoms with Gasteiger partial charge < -0.3 is 20.1 Å². The van der Waals surface area contributed by atoms with E-state index in [1.807, 2.05) is 30.3 Å². The first kappa shape index (κ1) is 27.6. The number of methoxy groups -OCH3 is 2. The van der Waals surface area contributed by atoms with E-state index in [0.29, 0.717) is 33.9 Å². The van der Waals surface area contributed by atoms with Crippen molar-refractivity contribution in [1.29, 1.82) is 0 Å². The molecule has 0 atom stereocenters. The monoisotopic (exact) mass is 532 g/mol. The molecule has 2 N–H and O–H groups in total. The number of allylic oxidation sites excluding steroid dienone is 1. The highest BCUT2D eigenvalue weighted by atomic mass is 16.5. The number of nitrogens with one attached hydrogen (secondary N) is 2. The van der Waals surface area contributed by atoms with Gasteiger partial charge in [0.15, 0.2) is 5.78 Å². The molecule has 0 aromatic heterocycles. The molecule has 2 amide bonds. The highest BCUT2D eigenvalue weighted by Crippen LogP contribution is 2.26. The van der Waals surface area contributed by atoms with Gasteiger partial charge in [0.25, 0.3) is 11.8 Å². The average Bonchev–Trinajstić information content (AvgIpc) is 3.00. The number of hydrogen-bond acceptors (Lipinski definition) is 5. The molecule has 200 valence electrons. The minimum Gasteiger partial charge on any atom is -0.497 e. The molecule has 4 aromatic rings. The molecule has 0 saturated carbocycles. The number of rotatable bonds is 10. The van der Waals surface area contributed by atoms with Crippen molar-refractivity contribution in [2.24, 2.45) is 0 Å². The summed E-state index contributed by atoms with van der Waals surface area (Å²) in [6.07, 6.45) is 4.78. The maximum Gasteiger partial charge on any atom is 0.272 e. The summed E-state index contributed by atoms with van der Waals surface area (Å²) >= 11 is 0. The molecule has 7 nitrogen and oxygen atoms in total. The highest BCUT2D eigenvalue weighted by molar-refractivity contribution is 6.11. The molecule has 0 spiro atoms. The van der Waals surface area contributed by atoms with Crippen LogP contribution in [0, 0.1) is 0 Å². The van der Waals surface area contributed by atoms with Crippen LogP contribution in [0.3, 0.4) is 0 Å². The van der Waals surface area contributed by atoms with Gasteiger partial charge in [-0.2, -0.15) is 0 Å². The predicted octanol–water partition coefficient (Wildman–Crippen LogP) is 6.01. The van der Waals surface area contributed by atoms with Crippen LogP contribution in [0.15, 0.2) is 115 Å². The second-order valence-corrected chi connectivity index (χ2v) is 8.63. The standard InChI is InChI=1S/C33H28N2O5/c1-39-28-19-16-26(31(22-28)40-2)21-29(35-32(37)25-11-7-4-8-12-25)33(38)34-27-17-14-24(15-18-27)30(36)20-13-23-9-5-3-6-10-23/h3-22H,1-2H3,(H,34,38)(H,35,37)/b20-13+,29-21-. The fraction of sp³-hybridized carbons (Fsp3) is 0.0606. The van der Waals surface area contributed by atoms with E-state index in [9.17, 15) is 14.4 Å². The molecule has 0 aliphatic heterocycles. The summed E-state index contributed by atoms with van der Waals surface area (Å²) in [5.74, 6) is -0.110. The van der Waals surface area contributed by atoms with Crippen LogP contribution in [-0.4, -0.2) is 31.8 Å². The zero-order valence-electron chi connectivity index (χ0n) is 22.1. The molecule has 0 aliphatic rings. The van der Waals surface area contributed by atoms with E-state index in [1.54, 1.807) is 86.0 Å². The lowest BCUT2D eigenvalue weighted by molar-refractivity contribution is -0.113. The van der Waals surface area contributed by atoms with Gasteiger partial charge in [-0.15, -0.1) is 0 Å². The molecule has 0 fully saturated rings. The molecule has 0 heterocycles. The van der Waals surface area contributed by atoms with Gasteiger partial charge in [-0.1, -0.05) is 54.6 Å². The number of ether oxygens (including phenoxy) is 2. The summed E-state index contributed by atoms with van der Waals surface area (Å²) in [4.78, 5) is 38.8. The Balaban J connectivity index is 1.55. The maximum atomic E-state index is 13.3. The summed E-state index contributed by atoms with van der Waals surface area (Å²) in [7, 11) is 3.05. The average molecular weight is 533 g/mol. The van der Waals surface area contributed by atoms with Crippen molar-refractivity contribution in [3.63, 3.8) is 0 Å². The van der Waals surface area contributed by atoms with Gasteiger partial charge >= 0.3 is 0 Å². The third-order valence-corrected chi connectivity index (χ3v) is 5.92. The number of anilines is 1. The van der Waals surface area contributed by atoms with E-state index < -0.39 is 11.8 Å². The summed E-state index contributed by atoms with van der Waals surface area (Å²) in [6.45, 7) is 0. The van der Waals surface area contributed by atoms with Crippen LogP contribution in [0.4, 0.5) is 5.69 Å². The Hall–Kier alpha value is -5.43. The minimum atomic E-state index is -0.551. The van der Waals surface area contributed by atoms with Crippen molar-refractivity contribution in [3.05, 3.63) is 137 Å². The third kappa shape index (κ3) is 7.33. The molecule has 0 radical (unpaired) electrons. The van der Waals surface area contributed by atoms with Crippen LogP contribution in [0.1, 0.15) is 31.8 Å². The van der Waals surface area contributed by atoms with Gasteiger partial charge in [-0.05, 0) is 66.2 Å². The Kier molecular flexibility index (Phi) is 9.24. The number of ketones is 1. The fourth-order valence-electron chi connectivity index (χ4n) is 3.78. The van der Waals surface area contributed by atoms with E-state index >= 15 is 0 Å². The lowest BCUT2D eigenvalue weighted by atomic mass is 10.1. The summed E-state index contributed by atoms with van der Waals surface area (Å²) in [5, 5.41) is 5.49. The number of carbonyl (C=O) groups is 3. The molecule has 0 unspecified atom stereocenters. The Morgan fingerprint density at radius 1 is 0.725 bits per heavy atom. The van der Waals surface area contributed by atoms with Gasteiger partial charge in [0.1, 0.15) is 17.2 Å². The Morgan fingerprint density at radius 2 is 1.40 bits per heavy atom. The lowest BCUT2D eigenvalue weighted by Gasteiger charge is -2.13. The molecular weight excluding hydrogens is 504 g/mol. The minimum absolute atomic E-state index is 0.00303. The first-order chi connectivity index (χ1) is 19.5. The van der Waals surface area contributed by atoms with Crippen molar-refractivity contribution in [2.45, 2.75) is 0 Å². The van der Waals surface area contributed by atoms with Crippen molar-refractivity contribution in [2.75, 3.05) is 19.5 Å². The first-order valence-corrected chi connectivity index (χ1v) is 12.5. The number of amides is 2. The van der Waals surface area contributed by atoms with E-state index in [2.05, 4.69) is 10.6 Å². The smallest absolute Gasteiger partial charge is 0.272 e. The van der Waals surface area contributed by atoms with Gasteiger partial charge in [0.2, 0.25) is 0 Å². The number of hydrogen-bond donors (Lipinski definition) is 2. The Labute approximate surface area is 232 Å². The predicted molar refractivity (Wildman–Crippen MR) is 156 cm³/mol. The molecule has 4 rings (SSSR count). The van der Waals surface area contributed by atoms with E-state index in [1.165, 1.54) is 19.3 Å². The van der Waals surface area contributed by atoms with Gasteiger partial charge in [-0.3, -0.25) is 14.4 Å². The molecule has 4 aromatic carbocycles. The van der Waals surface area contributed by atoms with Gasteiger partial charge in [-0.25, -0.2) is 0 Å². The fourth-order valence-corrected chi connectivity index (χ4v) is 3.78. The number of carbonyl (C=O) groups excluding carboxylic acids is 3. The second kappa shape index (κ2) is 13.4. The van der Waals surface area contributed by atoms with Crippen LogP contribution < -0.4 is 20.1 Å². The molecule has 0 bridgehead atoms. The van der Waals surface area contributed by atoms with Crippen LogP contribution in [0.5, 0.6) is 11.5 Å². The Bertz CT molecular complexity index is 1540. The van der Waals surface area contributed by atoms with E-state index in [-0.39, 0.29) is 11.5 Å². The molecular formula is C33H28N2O5.